The molecule has 2 unspecified atom stereocenters. The first-order valence-electron chi connectivity index (χ1n) is 6.99. The molecule has 110 valence electrons. The third kappa shape index (κ3) is 2.37. The average molecular weight is 296 g/mol. The van der Waals surface area contributed by atoms with Crippen LogP contribution in [0.2, 0.25) is 0 Å². The molecule has 3 rings (SSSR count). The normalized spacial score (nSPS) is 27.5. The number of nitrogens with one attached hydrogen (secondary N) is 1. The minimum absolute atomic E-state index is 0.158. The molecule has 0 aromatic heterocycles. The van der Waals surface area contributed by atoms with Gasteiger partial charge in [-0.2, -0.15) is 4.31 Å². The van der Waals surface area contributed by atoms with Crippen LogP contribution in [0, 0.1) is 5.92 Å². The molecule has 5 nitrogen and oxygen atoms in total. The molecule has 0 spiro atoms. The van der Waals surface area contributed by atoms with Crippen LogP contribution in [-0.4, -0.2) is 37.0 Å². The molecule has 1 aromatic carbocycles. The van der Waals surface area contributed by atoms with Crippen LogP contribution >= 0.6 is 0 Å². The molecule has 20 heavy (non-hydrogen) atoms. The maximum Gasteiger partial charge on any atom is 0.243 e. The summed E-state index contributed by atoms with van der Waals surface area (Å²) in [7, 11) is -3.49. The Morgan fingerprint density at radius 1 is 1.30 bits per heavy atom. The molecule has 2 aliphatic heterocycles. The van der Waals surface area contributed by atoms with E-state index in [4.69, 9.17) is 0 Å². The summed E-state index contributed by atoms with van der Waals surface area (Å²) in [4.78, 5) is 0.335. The highest BCUT2D eigenvalue weighted by atomic mass is 32.2. The van der Waals surface area contributed by atoms with Gasteiger partial charge in [-0.25, -0.2) is 8.42 Å². The first-order chi connectivity index (χ1) is 9.48. The van der Waals surface area contributed by atoms with Crippen molar-refractivity contribution in [1.82, 2.24) is 9.62 Å². The molecule has 2 atom stereocenters. The molecule has 0 bridgehead atoms. The Kier molecular flexibility index (Phi) is 3.58. The number of sulfonamides is 1. The van der Waals surface area contributed by atoms with E-state index in [0.717, 1.165) is 24.2 Å². The van der Waals surface area contributed by atoms with Gasteiger partial charge < -0.3 is 10.4 Å². The van der Waals surface area contributed by atoms with Gasteiger partial charge in [0.2, 0.25) is 10.0 Å². The molecule has 0 amide bonds. The number of aliphatic hydroxyl groups excluding tert-OH is 1. The van der Waals surface area contributed by atoms with Gasteiger partial charge in [-0.3, -0.25) is 0 Å². The van der Waals surface area contributed by atoms with Crippen molar-refractivity contribution < 1.29 is 13.5 Å². The summed E-state index contributed by atoms with van der Waals surface area (Å²) in [6.45, 7) is 4.15. The SMILES string of the molecule is CC1CCN(S(=O)(=O)c2ccc3c(c2)CNC3)CC1O. The standard InChI is InChI=1S/C14H20N2O3S/c1-10-4-5-16(9-14(10)17)20(18,19)13-3-2-11-7-15-8-12(11)6-13/h2-3,6,10,14-15,17H,4-5,7-9H2,1H3. The van der Waals surface area contributed by atoms with Crippen molar-refractivity contribution in [3.63, 3.8) is 0 Å². The number of piperidine rings is 1. The molecule has 1 fully saturated rings. The molecular formula is C14H20N2O3S. The van der Waals surface area contributed by atoms with Crippen LogP contribution in [0.15, 0.2) is 23.1 Å². The third-order valence-corrected chi connectivity index (χ3v) is 6.19. The quantitative estimate of drug-likeness (QED) is 0.842. The van der Waals surface area contributed by atoms with Crippen molar-refractivity contribution in [2.75, 3.05) is 13.1 Å². The Morgan fingerprint density at radius 3 is 2.80 bits per heavy atom. The van der Waals surface area contributed by atoms with Gasteiger partial charge in [-0.05, 0) is 35.6 Å². The maximum atomic E-state index is 12.6. The average Bonchev–Trinajstić information content (AvgIpc) is 2.89. The fourth-order valence-corrected chi connectivity index (χ4v) is 4.34. The summed E-state index contributed by atoms with van der Waals surface area (Å²) in [6.07, 6.45) is 0.127. The molecule has 1 aromatic rings. The molecule has 2 aliphatic rings. The highest BCUT2D eigenvalue weighted by molar-refractivity contribution is 7.89. The van der Waals surface area contributed by atoms with Crippen LogP contribution in [0.25, 0.3) is 0 Å². The maximum absolute atomic E-state index is 12.6. The lowest BCUT2D eigenvalue weighted by Crippen LogP contribution is -2.45. The second kappa shape index (κ2) is 5.11. The van der Waals surface area contributed by atoms with E-state index < -0.39 is 16.1 Å². The van der Waals surface area contributed by atoms with Crippen LogP contribution < -0.4 is 5.32 Å². The minimum Gasteiger partial charge on any atom is -0.391 e. The monoisotopic (exact) mass is 296 g/mol. The second-order valence-corrected chi connectivity index (χ2v) is 7.67. The summed E-state index contributed by atoms with van der Waals surface area (Å²) in [6, 6.07) is 5.31. The van der Waals surface area contributed by atoms with Crippen LogP contribution in [0.5, 0.6) is 0 Å². The smallest absolute Gasteiger partial charge is 0.243 e. The van der Waals surface area contributed by atoms with Gasteiger partial charge in [0, 0.05) is 26.2 Å². The van der Waals surface area contributed by atoms with Crippen LogP contribution in [0.1, 0.15) is 24.5 Å². The van der Waals surface area contributed by atoms with Crippen LogP contribution in [0.3, 0.4) is 0 Å². The Morgan fingerprint density at radius 2 is 2.05 bits per heavy atom. The van der Waals surface area contributed by atoms with Crippen LogP contribution in [0.4, 0.5) is 0 Å². The van der Waals surface area contributed by atoms with Crippen LogP contribution in [-0.2, 0) is 23.1 Å². The summed E-state index contributed by atoms with van der Waals surface area (Å²) in [5.74, 6) is 0.158. The Balaban J connectivity index is 1.88. The summed E-state index contributed by atoms with van der Waals surface area (Å²) >= 11 is 0. The number of hydrogen-bond donors (Lipinski definition) is 2. The van der Waals surface area contributed by atoms with E-state index in [1.807, 2.05) is 13.0 Å². The minimum atomic E-state index is -3.49. The first kappa shape index (κ1) is 14.0. The number of rotatable bonds is 2. The third-order valence-electron chi connectivity index (χ3n) is 4.33. The lowest BCUT2D eigenvalue weighted by atomic mass is 9.98. The van der Waals surface area contributed by atoms with Crippen molar-refractivity contribution in [2.45, 2.75) is 37.4 Å². The zero-order valence-corrected chi connectivity index (χ0v) is 12.4. The molecule has 2 N–H and O–H groups in total. The highest BCUT2D eigenvalue weighted by Gasteiger charge is 2.33. The second-order valence-electron chi connectivity index (χ2n) is 5.73. The van der Waals surface area contributed by atoms with Crippen molar-refractivity contribution >= 4 is 10.0 Å². The van der Waals surface area contributed by atoms with E-state index in [2.05, 4.69) is 5.32 Å². The fourth-order valence-electron chi connectivity index (χ4n) is 2.82. The van der Waals surface area contributed by atoms with E-state index in [0.29, 0.717) is 17.9 Å². The zero-order valence-electron chi connectivity index (χ0n) is 11.5. The van der Waals surface area contributed by atoms with E-state index >= 15 is 0 Å². The number of aliphatic hydroxyl groups is 1. The molecule has 0 aliphatic carbocycles. The van der Waals surface area contributed by atoms with Crippen molar-refractivity contribution in [1.29, 1.82) is 0 Å². The molecular weight excluding hydrogens is 276 g/mol. The van der Waals surface area contributed by atoms with E-state index in [1.165, 1.54) is 4.31 Å². The van der Waals surface area contributed by atoms with Gasteiger partial charge in [-0.1, -0.05) is 13.0 Å². The zero-order chi connectivity index (χ0) is 14.3. The lowest BCUT2D eigenvalue weighted by molar-refractivity contribution is 0.0605. The van der Waals surface area contributed by atoms with Gasteiger partial charge in [0.05, 0.1) is 11.0 Å². The summed E-state index contributed by atoms with van der Waals surface area (Å²) < 4.78 is 26.7. The van der Waals surface area contributed by atoms with Gasteiger partial charge in [-0.15, -0.1) is 0 Å². The van der Waals surface area contributed by atoms with Gasteiger partial charge in [0.25, 0.3) is 0 Å². The largest absolute Gasteiger partial charge is 0.391 e. The Bertz CT molecular complexity index is 615. The van der Waals surface area contributed by atoms with Gasteiger partial charge in [0.1, 0.15) is 0 Å². The predicted molar refractivity (Wildman–Crippen MR) is 75.5 cm³/mol. The summed E-state index contributed by atoms with van der Waals surface area (Å²) in [5.41, 5.74) is 2.22. The topological polar surface area (TPSA) is 69.6 Å². The number of β-amino-alcohol motifs (C(OH)–C–C–N with tert-alkyl or cyclic N) is 1. The number of hydrogen-bond acceptors (Lipinski definition) is 4. The highest BCUT2D eigenvalue weighted by Crippen LogP contribution is 2.26. The molecule has 1 saturated heterocycles. The van der Waals surface area contributed by atoms with Crippen molar-refractivity contribution in [3.05, 3.63) is 29.3 Å². The van der Waals surface area contributed by atoms with E-state index in [1.54, 1.807) is 12.1 Å². The van der Waals surface area contributed by atoms with E-state index in [-0.39, 0.29) is 12.5 Å². The van der Waals surface area contributed by atoms with Gasteiger partial charge >= 0.3 is 0 Å². The molecule has 0 radical (unpaired) electrons. The Hall–Kier alpha value is -0.950. The Labute approximate surface area is 119 Å². The van der Waals surface area contributed by atoms with Crippen molar-refractivity contribution in [2.24, 2.45) is 5.92 Å². The molecule has 6 heteroatoms. The number of nitrogens with zero attached hydrogens (tertiary/aromatic N) is 1. The lowest BCUT2D eigenvalue weighted by Gasteiger charge is -2.33. The first-order valence-corrected chi connectivity index (χ1v) is 8.43. The number of benzene rings is 1. The molecule has 0 saturated carbocycles. The predicted octanol–water partition coefficient (Wildman–Crippen LogP) is 0.681. The summed E-state index contributed by atoms with van der Waals surface area (Å²) in [5, 5.41) is 13.1. The fraction of sp³-hybridized carbons (Fsp3) is 0.571. The molecule has 2 heterocycles. The van der Waals surface area contributed by atoms with Gasteiger partial charge in [0.15, 0.2) is 0 Å². The van der Waals surface area contributed by atoms with Crippen molar-refractivity contribution in [3.8, 4) is 0 Å². The van der Waals surface area contributed by atoms with E-state index in [9.17, 15) is 13.5 Å². The number of fused-ring (bicyclic) bond motifs is 1.